The highest BCUT2D eigenvalue weighted by Gasteiger charge is 2.24. The lowest BCUT2D eigenvalue weighted by molar-refractivity contribution is -0.142. The molecule has 1 aliphatic heterocycles. The molecule has 0 aliphatic carbocycles. The van der Waals surface area contributed by atoms with Crippen LogP contribution in [0.4, 0.5) is 5.69 Å². The summed E-state index contributed by atoms with van der Waals surface area (Å²) >= 11 is 12.0. The molecule has 7 nitrogen and oxygen atoms in total. The van der Waals surface area contributed by atoms with E-state index in [9.17, 15) is 13.2 Å². The van der Waals surface area contributed by atoms with Crippen molar-refractivity contribution in [3.63, 3.8) is 0 Å². The van der Waals surface area contributed by atoms with Crippen molar-refractivity contribution in [2.75, 3.05) is 31.0 Å². The number of morpholine rings is 1. The van der Waals surface area contributed by atoms with Gasteiger partial charge in [0, 0.05) is 13.1 Å². The van der Waals surface area contributed by atoms with Gasteiger partial charge in [-0.05, 0) is 43.3 Å². The molecule has 0 bridgehead atoms. The maximum Gasteiger partial charge on any atom is 0.263 e. The zero-order valence-electron chi connectivity index (χ0n) is 15.6. The molecule has 0 aromatic heterocycles. The summed E-state index contributed by atoms with van der Waals surface area (Å²) in [7, 11) is -3.90. The number of halogens is 2. The number of carbonyl (C=O) groups is 1. The molecule has 1 aliphatic rings. The molecule has 3 rings (SSSR count). The molecule has 1 N–H and O–H groups in total. The van der Waals surface area contributed by atoms with Gasteiger partial charge in [0.2, 0.25) is 0 Å². The van der Waals surface area contributed by atoms with Gasteiger partial charge in [-0.15, -0.1) is 0 Å². The fraction of sp³-hybridized carbons (Fsp3) is 0.316. The Morgan fingerprint density at radius 2 is 1.69 bits per heavy atom. The van der Waals surface area contributed by atoms with E-state index in [1.807, 2.05) is 0 Å². The fourth-order valence-corrected chi connectivity index (χ4v) is 4.49. The summed E-state index contributed by atoms with van der Waals surface area (Å²) in [6.07, 6.45) is -0.699. The predicted molar refractivity (Wildman–Crippen MR) is 111 cm³/mol. The van der Waals surface area contributed by atoms with E-state index in [1.54, 1.807) is 17.9 Å². The minimum atomic E-state index is -3.90. The molecule has 1 atom stereocenters. The number of anilines is 1. The molecule has 2 aromatic carbocycles. The number of hydrogen-bond acceptors (Lipinski definition) is 5. The van der Waals surface area contributed by atoms with Gasteiger partial charge in [-0.3, -0.25) is 9.52 Å². The van der Waals surface area contributed by atoms with Crippen LogP contribution in [0.1, 0.15) is 6.92 Å². The fourth-order valence-electron chi connectivity index (χ4n) is 2.78. The highest BCUT2D eigenvalue weighted by Crippen LogP contribution is 2.32. The first-order valence-corrected chi connectivity index (χ1v) is 11.1. The molecule has 29 heavy (non-hydrogen) atoms. The minimum absolute atomic E-state index is 0.00740. The number of ether oxygens (including phenoxy) is 2. The lowest BCUT2D eigenvalue weighted by Crippen LogP contribution is -2.46. The van der Waals surface area contributed by atoms with Gasteiger partial charge >= 0.3 is 0 Å². The van der Waals surface area contributed by atoms with Gasteiger partial charge < -0.3 is 14.4 Å². The first-order valence-electron chi connectivity index (χ1n) is 8.88. The number of carbonyl (C=O) groups excluding carboxylic acids is 1. The van der Waals surface area contributed by atoms with Crippen LogP contribution in [0.15, 0.2) is 47.4 Å². The Balaban J connectivity index is 1.68. The van der Waals surface area contributed by atoms with Crippen LogP contribution >= 0.6 is 23.2 Å². The van der Waals surface area contributed by atoms with E-state index in [2.05, 4.69) is 4.72 Å². The Bertz CT molecular complexity index is 956. The lowest BCUT2D eigenvalue weighted by atomic mass is 10.3. The molecule has 0 saturated carbocycles. The number of benzene rings is 2. The van der Waals surface area contributed by atoms with Crippen LogP contribution in [-0.4, -0.2) is 51.6 Å². The number of amides is 1. The molecule has 156 valence electrons. The maximum absolute atomic E-state index is 12.6. The maximum atomic E-state index is 12.6. The Labute approximate surface area is 179 Å². The Morgan fingerprint density at radius 3 is 2.28 bits per heavy atom. The molecule has 1 fully saturated rings. The second-order valence-corrected chi connectivity index (χ2v) is 8.87. The standard InChI is InChI=1S/C19H20Cl2N2O5S/c1-13(19(24)23-9-11-27-12-10-23)28-14-5-7-15(8-6-14)29(25,26)22-18-16(20)3-2-4-17(18)21/h2-8,13,22H,9-12H2,1H3/t13-/m0/s1. The van der Waals surface area contributed by atoms with Gasteiger partial charge in [0.05, 0.1) is 33.8 Å². The van der Waals surface area contributed by atoms with Gasteiger partial charge in [-0.2, -0.15) is 0 Å². The molecule has 1 saturated heterocycles. The highest BCUT2D eigenvalue weighted by atomic mass is 35.5. The summed E-state index contributed by atoms with van der Waals surface area (Å²) in [5.74, 6) is 0.244. The van der Waals surface area contributed by atoms with Gasteiger partial charge in [0.15, 0.2) is 6.10 Å². The molecule has 0 radical (unpaired) electrons. The molecular formula is C19H20Cl2N2O5S. The SMILES string of the molecule is C[C@H](Oc1ccc(S(=O)(=O)Nc2c(Cl)cccc2Cl)cc1)C(=O)N1CCOCC1. The van der Waals surface area contributed by atoms with Crippen molar-refractivity contribution >= 4 is 44.8 Å². The Hall–Kier alpha value is -2.00. The van der Waals surface area contributed by atoms with Crippen molar-refractivity contribution in [1.29, 1.82) is 0 Å². The van der Waals surface area contributed by atoms with Crippen LogP contribution in [0.3, 0.4) is 0 Å². The highest BCUT2D eigenvalue weighted by molar-refractivity contribution is 7.92. The van der Waals surface area contributed by atoms with Crippen molar-refractivity contribution in [3.05, 3.63) is 52.5 Å². The van der Waals surface area contributed by atoms with Crippen LogP contribution in [0, 0.1) is 0 Å². The average Bonchev–Trinajstić information content (AvgIpc) is 2.71. The van der Waals surface area contributed by atoms with Crippen LogP contribution in [0.25, 0.3) is 0 Å². The Morgan fingerprint density at radius 1 is 1.10 bits per heavy atom. The zero-order chi connectivity index (χ0) is 21.0. The number of rotatable bonds is 6. The number of nitrogens with zero attached hydrogens (tertiary/aromatic N) is 1. The topological polar surface area (TPSA) is 84.9 Å². The molecule has 10 heteroatoms. The van der Waals surface area contributed by atoms with Gasteiger partial charge in [0.25, 0.3) is 15.9 Å². The lowest BCUT2D eigenvalue weighted by Gasteiger charge is -2.29. The molecule has 2 aromatic rings. The van der Waals surface area contributed by atoms with Crippen molar-refractivity contribution in [2.45, 2.75) is 17.9 Å². The van der Waals surface area contributed by atoms with E-state index in [0.717, 1.165) is 0 Å². The van der Waals surface area contributed by atoms with Crippen molar-refractivity contribution in [3.8, 4) is 5.75 Å². The third-order valence-corrected chi connectivity index (χ3v) is 6.31. The molecule has 0 spiro atoms. The quantitative estimate of drug-likeness (QED) is 0.716. The van der Waals surface area contributed by atoms with E-state index in [0.29, 0.717) is 32.1 Å². The summed E-state index contributed by atoms with van der Waals surface area (Å²) < 4.78 is 38.5. The third-order valence-electron chi connectivity index (χ3n) is 4.32. The largest absolute Gasteiger partial charge is 0.481 e. The third kappa shape index (κ3) is 5.33. The monoisotopic (exact) mass is 458 g/mol. The number of para-hydroxylation sites is 1. The zero-order valence-corrected chi connectivity index (χ0v) is 17.9. The summed E-state index contributed by atoms with van der Waals surface area (Å²) in [5, 5.41) is 0.382. The van der Waals surface area contributed by atoms with Crippen LogP contribution in [0.5, 0.6) is 5.75 Å². The molecule has 1 heterocycles. The van der Waals surface area contributed by atoms with Crippen molar-refractivity contribution in [1.82, 2.24) is 4.90 Å². The first-order chi connectivity index (χ1) is 13.8. The molecule has 1 amide bonds. The predicted octanol–water partition coefficient (Wildman–Crippen LogP) is 3.42. The van der Waals surface area contributed by atoms with Gasteiger partial charge in [0.1, 0.15) is 5.75 Å². The molecule has 0 unspecified atom stereocenters. The Kier molecular flexibility index (Phi) is 6.89. The van der Waals surface area contributed by atoms with Crippen molar-refractivity contribution < 1.29 is 22.7 Å². The van der Waals surface area contributed by atoms with Crippen LogP contribution in [-0.2, 0) is 19.6 Å². The summed E-state index contributed by atoms with van der Waals surface area (Å²) in [4.78, 5) is 14.1. The summed E-state index contributed by atoms with van der Waals surface area (Å²) in [5.41, 5.74) is 0.112. The second-order valence-electron chi connectivity index (χ2n) is 6.37. The van der Waals surface area contributed by atoms with Gasteiger partial charge in [-0.1, -0.05) is 29.3 Å². The molecular weight excluding hydrogens is 439 g/mol. The first kappa shape index (κ1) is 21.7. The van der Waals surface area contributed by atoms with Crippen LogP contribution < -0.4 is 9.46 Å². The van der Waals surface area contributed by atoms with Crippen molar-refractivity contribution in [2.24, 2.45) is 0 Å². The summed E-state index contributed by atoms with van der Waals surface area (Å²) in [6, 6.07) is 10.4. The minimum Gasteiger partial charge on any atom is -0.481 e. The number of hydrogen-bond donors (Lipinski definition) is 1. The normalized spacial score (nSPS) is 15.6. The van der Waals surface area contributed by atoms with E-state index < -0.39 is 16.1 Å². The van der Waals surface area contributed by atoms with E-state index in [1.165, 1.54) is 36.4 Å². The second kappa shape index (κ2) is 9.21. The average molecular weight is 459 g/mol. The van der Waals surface area contributed by atoms with E-state index in [4.69, 9.17) is 32.7 Å². The number of sulfonamides is 1. The van der Waals surface area contributed by atoms with Gasteiger partial charge in [-0.25, -0.2) is 8.42 Å². The van der Waals surface area contributed by atoms with E-state index in [-0.39, 0.29) is 26.5 Å². The van der Waals surface area contributed by atoms with E-state index >= 15 is 0 Å². The summed E-state index contributed by atoms with van der Waals surface area (Å²) in [6.45, 7) is 3.73. The smallest absolute Gasteiger partial charge is 0.263 e. The van der Waals surface area contributed by atoms with Crippen LogP contribution in [0.2, 0.25) is 10.0 Å². The number of nitrogens with one attached hydrogen (secondary N) is 1.